The van der Waals surface area contributed by atoms with Crippen LogP contribution in [0.4, 0.5) is 0 Å². The molecule has 12 heteroatoms. The fourth-order valence-electron chi connectivity index (χ4n) is 1.80. The van der Waals surface area contributed by atoms with Crippen molar-refractivity contribution in [3.63, 3.8) is 0 Å². The minimum atomic E-state index is -1.16. The van der Waals surface area contributed by atoms with Crippen LogP contribution in [-0.4, -0.2) is 119 Å². The highest BCUT2D eigenvalue weighted by molar-refractivity contribution is 7.98. The predicted molar refractivity (Wildman–Crippen MR) is 106 cm³/mol. The maximum absolute atomic E-state index is 10.5. The summed E-state index contributed by atoms with van der Waals surface area (Å²) in [6, 6.07) is -0.741. The number of thioether (sulfide) groups is 1. The summed E-state index contributed by atoms with van der Waals surface area (Å²) >= 11 is 1.56. The number of carboxylic acid groups (broad SMARTS) is 1. The van der Waals surface area contributed by atoms with Crippen LogP contribution in [0.3, 0.4) is 0 Å². The lowest BCUT2D eigenvalue weighted by Crippen LogP contribution is -2.43. The molecule has 0 saturated carbocycles. The number of aliphatic hydroxyl groups is 6. The zero-order valence-corrected chi connectivity index (χ0v) is 17.7. The van der Waals surface area contributed by atoms with E-state index in [1.165, 1.54) is 6.92 Å². The van der Waals surface area contributed by atoms with Gasteiger partial charge in [0.1, 0.15) is 6.04 Å². The van der Waals surface area contributed by atoms with Gasteiger partial charge in [0.05, 0.1) is 63.7 Å². The molecule has 0 saturated heterocycles. The zero-order chi connectivity index (χ0) is 22.9. The molecule has 1 amide bonds. The van der Waals surface area contributed by atoms with Crippen LogP contribution < -0.4 is 5.32 Å². The Morgan fingerprint density at radius 3 is 1.52 bits per heavy atom. The third-order valence-corrected chi connectivity index (χ3v) is 4.76. The van der Waals surface area contributed by atoms with Gasteiger partial charge in [-0.05, 0) is 18.4 Å². The molecule has 0 aliphatic heterocycles. The van der Waals surface area contributed by atoms with Crippen LogP contribution >= 0.6 is 11.8 Å². The van der Waals surface area contributed by atoms with E-state index in [1.807, 2.05) is 6.26 Å². The van der Waals surface area contributed by atoms with Crippen molar-refractivity contribution in [1.29, 1.82) is 0 Å². The molecule has 0 fully saturated rings. The lowest BCUT2D eigenvalue weighted by atomic mass is 9.91. The number of rotatable bonds is 15. The molecule has 0 rings (SSSR count). The van der Waals surface area contributed by atoms with E-state index < -0.39 is 62.5 Å². The minimum Gasteiger partial charge on any atom is -0.480 e. The number of ether oxygens (including phenoxy) is 1. The van der Waals surface area contributed by atoms with E-state index in [2.05, 4.69) is 5.32 Å². The quantitative estimate of drug-likeness (QED) is 0.130. The van der Waals surface area contributed by atoms with Gasteiger partial charge < -0.3 is 45.8 Å². The second-order valence-corrected chi connectivity index (χ2v) is 7.80. The van der Waals surface area contributed by atoms with Gasteiger partial charge in [0, 0.05) is 6.92 Å². The van der Waals surface area contributed by atoms with Crippen LogP contribution in [0.25, 0.3) is 0 Å². The number of carbonyl (C=O) groups excluding carboxylic acids is 1. The van der Waals surface area contributed by atoms with Crippen LogP contribution in [0.1, 0.15) is 13.3 Å². The first-order valence-corrected chi connectivity index (χ1v) is 10.3. The summed E-state index contributed by atoms with van der Waals surface area (Å²) in [5, 5.41) is 65.2. The van der Waals surface area contributed by atoms with Gasteiger partial charge in [-0.2, -0.15) is 11.8 Å². The van der Waals surface area contributed by atoms with E-state index in [-0.39, 0.29) is 19.1 Å². The first-order chi connectivity index (χ1) is 13.6. The van der Waals surface area contributed by atoms with E-state index in [0.29, 0.717) is 6.42 Å². The number of amides is 1. The van der Waals surface area contributed by atoms with Crippen molar-refractivity contribution >= 4 is 23.6 Å². The standard InChI is InChI=1S/C10H22O7.C7H13NO3S/c11-1-9(2-12,3-13)7-17-8-10(4-14,5-15)6-16;1-5(9)8-6(7(10)11)3-4-12-2/h11-16H,1-8H2;6H,3-4H2,1-2H3,(H,8,9)(H,10,11)/t;6-/m.0/s1. The van der Waals surface area contributed by atoms with Crippen molar-refractivity contribution in [2.75, 3.05) is 64.9 Å². The smallest absolute Gasteiger partial charge is 0.326 e. The van der Waals surface area contributed by atoms with E-state index in [1.54, 1.807) is 11.8 Å². The van der Waals surface area contributed by atoms with Crippen LogP contribution in [0, 0.1) is 10.8 Å². The monoisotopic (exact) mass is 445 g/mol. The molecule has 11 nitrogen and oxygen atoms in total. The predicted octanol–water partition coefficient (Wildman–Crippen LogP) is -2.74. The van der Waals surface area contributed by atoms with Gasteiger partial charge in [0.25, 0.3) is 0 Å². The Morgan fingerprint density at radius 1 is 0.897 bits per heavy atom. The Balaban J connectivity index is 0. The summed E-state index contributed by atoms with van der Waals surface area (Å²) in [6.07, 6.45) is 2.36. The topological polar surface area (TPSA) is 197 Å². The number of carbonyl (C=O) groups is 2. The Hall–Kier alpha value is -0.990. The summed E-state index contributed by atoms with van der Waals surface area (Å²) in [4.78, 5) is 21.1. The van der Waals surface area contributed by atoms with E-state index in [0.717, 1.165) is 5.75 Å². The highest BCUT2D eigenvalue weighted by Crippen LogP contribution is 2.19. The maximum Gasteiger partial charge on any atom is 0.326 e. The molecule has 0 spiro atoms. The van der Waals surface area contributed by atoms with Crippen molar-refractivity contribution in [2.45, 2.75) is 19.4 Å². The van der Waals surface area contributed by atoms with Crippen molar-refractivity contribution in [1.82, 2.24) is 5.32 Å². The molecule has 8 N–H and O–H groups in total. The molecule has 174 valence electrons. The first kappa shape index (κ1) is 30.2. The van der Waals surface area contributed by atoms with Gasteiger partial charge in [-0.1, -0.05) is 0 Å². The lowest BCUT2D eigenvalue weighted by Gasteiger charge is -2.31. The van der Waals surface area contributed by atoms with Crippen LogP contribution in [0.5, 0.6) is 0 Å². The average molecular weight is 446 g/mol. The van der Waals surface area contributed by atoms with Gasteiger partial charge in [0.15, 0.2) is 0 Å². The number of hydrogen-bond donors (Lipinski definition) is 8. The maximum atomic E-state index is 10.5. The van der Waals surface area contributed by atoms with Crippen molar-refractivity contribution in [3.05, 3.63) is 0 Å². The van der Waals surface area contributed by atoms with Crippen LogP contribution in [0.2, 0.25) is 0 Å². The summed E-state index contributed by atoms with van der Waals surface area (Å²) in [6.45, 7) is -1.69. The first-order valence-electron chi connectivity index (χ1n) is 8.87. The number of carboxylic acids is 1. The SMILES string of the molecule is CSCC[C@H](NC(C)=O)C(=O)O.OCC(CO)(CO)COCC(CO)(CO)CO. The van der Waals surface area contributed by atoms with Crippen molar-refractivity contribution < 1.29 is 50.1 Å². The van der Waals surface area contributed by atoms with E-state index in [9.17, 15) is 9.59 Å². The molecule has 0 aliphatic carbocycles. The Kier molecular flexibility index (Phi) is 17.5. The molecule has 0 heterocycles. The molecule has 0 unspecified atom stereocenters. The van der Waals surface area contributed by atoms with Gasteiger partial charge in [-0.3, -0.25) is 4.79 Å². The van der Waals surface area contributed by atoms with Gasteiger partial charge in [-0.25, -0.2) is 4.79 Å². The fraction of sp³-hybridized carbons (Fsp3) is 0.882. The van der Waals surface area contributed by atoms with Crippen LogP contribution in [0.15, 0.2) is 0 Å². The third-order valence-electron chi connectivity index (χ3n) is 4.12. The fourth-order valence-corrected chi connectivity index (χ4v) is 2.27. The molecule has 29 heavy (non-hydrogen) atoms. The second-order valence-electron chi connectivity index (χ2n) is 6.81. The zero-order valence-electron chi connectivity index (χ0n) is 16.9. The lowest BCUT2D eigenvalue weighted by molar-refractivity contribution is -0.141. The number of nitrogens with one attached hydrogen (secondary N) is 1. The van der Waals surface area contributed by atoms with Gasteiger partial charge in [0.2, 0.25) is 5.91 Å². The normalized spacial score (nSPS) is 12.7. The summed E-state index contributed by atoms with van der Waals surface area (Å²) in [5.74, 6) is -0.542. The molecule has 1 atom stereocenters. The van der Waals surface area contributed by atoms with Gasteiger partial charge in [-0.15, -0.1) is 0 Å². The van der Waals surface area contributed by atoms with Gasteiger partial charge >= 0.3 is 5.97 Å². The van der Waals surface area contributed by atoms with Crippen molar-refractivity contribution in [2.24, 2.45) is 10.8 Å². The number of aliphatic carboxylic acids is 1. The Bertz CT molecular complexity index is 407. The molecule has 0 aromatic rings. The largest absolute Gasteiger partial charge is 0.480 e. The molecule has 0 aromatic heterocycles. The molecule has 0 aliphatic rings. The molecular weight excluding hydrogens is 410 g/mol. The molecule has 0 bridgehead atoms. The van der Waals surface area contributed by atoms with E-state index >= 15 is 0 Å². The molecule has 0 aromatic carbocycles. The third kappa shape index (κ3) is 12.3. The number of aliphatic hydroxyl groups excluding tert-OH is 6. The van der Waals surface area contributed by atoms with Crippen LogP contribution in [-0.2, 0) is 14.3 Å². The average Bonchev–Trinajstić information content (AvgIpc) is 2.72. The molecule has 0 radical (unpaired) electrons. The second kappa shape index (κ2) is 16.8. The number of hydrogen-bond acceptors (Lipinski definition) is 10. The Labute approximate surface area is 174 Å². The summed E-state index contributed by atoms with van der Waals surface area (Å²) in [7, 11) is 0. The Morgan fingerprint density at radius 2 is 1.28 bits per heavy atom. The highest BCUT2D eigenvalue weighted by Gasteiger charge is 2.32. The molecular formula is C17H35NO10S. The van der Waals surface area contributed by atoms with E-state index in [4.69, 9.17) is 40.5 Å². The summed E-state index contributed by atoms with van der Waals surface area (Å²) in [5.41, 5.74) is -2.32. The summed E-state index contributed by atoms with van der Waals surface area (Å²) < 4.78 is 5.15. The highest BCUT2D eigenvalue weighted by atomic mass is 32.2. The minimum absolute atomic E-state index is 0.141. The van der Waals surface area contributed by atoms with Crippen molar-refractivity contribution in [3.8, 4) is 0 Å².